The summed E-state index contributed by atoms with van der Waals surface area (Å²) in [5, 5.41) is 9.86. The Bertz CT molecular complexity index is 684. The summed E-state index contributed by atoms with van der Waals surface area (Å²) in [6, 6.07) is 15.4. The Balaban J connectivity index is 2.16. The molecule has 2 rings (SSSR count). The van der Waals surface area contributed by atoms with Gasteiger partial charge in [0.05, 0.1) is 11.8 Å². The Labute approximate surface area is 125 Å². The molecule has 2 N–H and O–H groups in total. The van der Waals surface area contributed by atoms with E-state index in [0.29, 0.717) is 12.0 Å². The summed E-state index contributed by atoms with van der Waals surface area (Å²) in [5.74, 6) is 0.0320. The lowest BCUT2D eigenvalue weighted by molar-refractivity contribution is 0.454. The first-order valence-electron chi connectivity index (χ1n) is 6.83. The summed E-state index contributed by atoms with van der Waals surface area (Å²) < 4.78 is 27.2. The van der Waals surface area contributed by atoms with Gasteiger partial charge in [0.2, 0.25) is 10.0 Å². The molecule has 21 heavy (non-hydrogen) atoms. The van der Waals surface area contributed by atoms with Crippen LogP contribution in [0.3, 0.4) is 0 Å². The van der Waals surface area contributed by atoms with Crippen molar-refractivity contribution in [3.8, 4) is 5.75 Å². The zero-order chi connectivity index (χ0) is 15.3. The third kappa shape index (κ3) is 4.31. The molecule has 0 saturated heterocycles. The van der Waals surface area contributed by atoms with Crippen molar-refractivity contribution < 1.29 is 13.5 Å². The summed E-state index contributed by atoms with van der Waals surface area (Å²) in [6.45, 7) is 1.88. The molecule has 0 aliphatic heterocycles. The summed E-state index contributed by atoms with van der Waals surface area (Å²) in [6.07, 6.45) is 0.561. The van der Waals surface area contributed by atoms with Gasteiger partial charge < -0.3 is 5.11 Å². The second kappa shape index (κ2) is 6.74. The topological polar surface area (TPSA) is 66.4 Å². The molecule has 0 saturated carbocycles. The number of rotatable bonds is 6. The van der Waals surface area contributed by atoms with Crippen molar-refractivity contribution in [3.63, 3.8) is 0 Å². The molecule has 2 aromatic carbocycles. The Hall–Kier alpha value is -1.85. The van der Waals surface area contributed by atoms with Crippen molar-refractivity contribution in [1.29, 1.82) is 0 Å². The van der Waals surface area contributed by atoms with E-state index in [-0.39, 0.29) is 11.5 Å². The second-order valence-electron chi connectivity index (χ2n) is 4.88. The quantitative estimate of drug-likeness (QED) is 0.862. The fourth-order valence-corrected chi connectivity index (χ4v) is 3.64. The monoisotopic (exact) mass is 305 g/mol. The van der Waals surface area contributed by atoms with E-state index in [9.17, 15) is 13.5 Å². The molecule has 0 heterocycles. The number of para-hydroxylation sites is 1. The average Bonchev–Trinajstić information content (AvgIpc) is 2.46. The van der Waals surface area contributed by atoms with Gasteiger partial charge >= 0.3 is 0 Å². The lowest BCUT2D eigenvalue weighted by atomic mass is 10.0. The van der Waals surface area contributed by atoms with Crippen LogP contribution in [0.4, 0.5) is 0 Å². The largest absolute Gasteiger partial charge is 0.508 e. The molecular formula is C16H19NO3S. The van der Waals surface area contributed by atoms with Crippen LogP contribution < -0.4 is 4.72 Å². The van der Waals surface area contributed by atoms with Crippen LogP contribution >= 0.6 is 0 Å². The first-order valence-corrected chi connectivity index (χ1v) is 8.49. The van der Waals surface area contributed by atoms with Crippen LogP contribution in [0.15, 0.2) is 54.6 Å². The van der Waals surface area contributed by atoms with Gasteiger partial charge in [-0.2, -0.15) is 0 Å². The van der Waals surface area contributed by atoms with Gasteiger partial charge in [0, 0.05) is 5.56 Å². The normalized spacial score (nSPS) is 13.0. The number of nitrogens with one attached hydrogen (secondary N) is 1. The van der Waals surface area contributed by atoms with Gasteiger partial charge in [-0.15, -0.1) is 0 Å². The van der Waals surface area contributed by atoms with Crippen LogP contribution in [0.25, 0.3) is 0 Å². The molecule has 0 aromatic heterocycles. The van der Waals surface area contributed by atoms with E-state index in [4.69, 9.17) is 0 Å². The van der Waals surface area contributed by atoms with Crippen molar-refractivity contribution >= 4 is 10.0 Å². The molecule has 112 valence electrons. The Morgan fingerprint density at radius 3 is 2.29 bits per heavy atom. The molecule has 4 nitrogen and oxygen atoms in total. The molecule has 0 aliphatic carbocycles. The lowest BCUT2D eigenvalue weighted by Crippen LogP contribution is -2.29. The molecule has 0 aliphatic rings. The van der Waals surface area contributed by atoms with Crippen LogP contribution in [0.1, 0.15) is 30.5 Å². The molecule has 1 unspecified atom stereocenters. The fourth-order valence-electron chi connectivity index (χ4n) is 2.20. The smallest absolute Gasteiger partial charge is 0.216 e. The molecule has 0 radical (unpaired) electrons. The highest BCUT2D eigenvalue weighted by molar-refractivity contribution is 7.88. The number of hydrogen-bond acceptors (Lipinski definition) is 3. The SMILES string of the molecule is CCC(NS(=O)(=O)Cc1ccccc1)c1ccccc1O. The van der Waals surface area contributed by atoms with Crippen LogP contribution in [0.5, 0.6) is 5.75 Å². The van der Waals surface area contributed by atoms with E-state index in [1.165, 1.54) is 0 Å². The van der Waals surface area contributed by atoms with E-state index in [0.717, 1.165) is 5.56 Å². The van der Waals surface area contributed by atoms with Crippen molar-refractivity contribution in [1.82, 2.24) is 4.72 Å². The van der Waals surface area contributed by atoms with Crippen LogP contribution in [0, 0.1) is 0 Å². The van der Waals surface area contributed by atoms with Crippen molar-refractivity contribution in [2.24, 2.45) is 0 Å². The van der Waals surface area contributed by atoms with Crippen LogP contribution in [-0.2, 0) is 15.8 Å². The Morgan fingerprint density at radius 1 is 1.05 bits per heavy atom. The highest BCUT2D eigenvalue weighted by Crippen LogP contribution is 2.26. The summed E-state index contributed by atoms with van der Waals surface area (Å²) in [5.41, 5.74) is 1.33. The first kappa shape index (κ1) is 15.5. The van der Waals surface area contributed by atoms with Crippen LogP contribution in [-0.4, -0.2) is 13.5 Å². The van der Waals surface area contributed by atoms with Crippen LogP contribution in [0.2, 0.25) is 0 Å². The number of sulfonamides is 1. The molecule has 2 aromatic rings. The molecule has 0 amide bonds. The lowest BCUT2D eigenvalue weighted by Gasteiger charge is -2.18. The zero-order valence-corrected chi connectivity index (χ0v) is 12.7. The summed E-state index contributed by atoms with van der Waals surface area (Å²) in [7, 11) is -3.47. The molecule has 1 atom stereocenters. The van der Waals surface area contributed by atoms with Gasteiger partial charge in [-0.3, -0.25) is 0 Å². The third-order valence-electron chi connectivity index (χ3n) is 3.24. The van der Waals surface area contributed by atoms with E-state index >= 15 is 0 Å². The van der Waals surface area contributed by atoms with Gasteiger partial charge in [-0.1, -0.05) is 55.5 Å². The van der Waals surface area contributed by atoms with Crippen molar-refractivity contribution in [3.05, 3.63) is 65.7 Å². The van der Waals surface area contributed by atoms with Gasteiger partial charge in [0.1, 0.15) is 5.75 Å². The van der Waals surface area contributed by atoms with E-state index in [2.05, 4.69) is 4.72 Å². The molecule has 0 fully saturated rings. The zero-order valence-electron chi connectivity index (χ0n) is 11.9. The van der Waals surface area contributed by atoms with E-state index < -0.39 is 16.1 Å². The molecular weight excluding hydrogens is 286 g/mol. The van der Waals surface area contributed by atoms with Gasteiger partial charge in [0.25, 0.3) is 0 Å². The van der Waals surface area contributed by atoms with E-state index in [1.54, 1.807) is 36.4 Å². The predicted molar refractivity (Wildman–Crippen MR) is 83.3 cm³/mol. The molecule has 0 spiro atoms. The number of hydrogen-bond donors (Lipinski definition) is 2. The maximum atomic E-state index is 12.3. The second-order valence-corrected chi connectivity index (χ2v) is 6.64. The maximum absolute atomic E-state index is 12.3. The van der Waals surface area contributed by atoms with Gasteiger partial charge in [0.15, 0.2) is 0 Å². The average molecular weight is 305 g/mol. The standard InChI is InChI=1S/C16H19NO3S/c1-2-15(14-10-6-7-11-16(14)18)17-21(19,20)12-13-8-4-3-5-9-13/h3-11,15,17-18H,2,12H2,1H3. The highest BCUT2D eigenvalue weighted by atomic mass is 32.2. The summed E-state index contributed by atoms with van der Waals surface area (Å²) in [4.78, 5) is 0. The minimum atomic E-state index is -3.47. The van der Waals surface area contributed by atoms with E-state index in [1.807, 2.05) is 25.1 Å². The Morgan fingerprint density at radius 2 is 1.67 bits per heavy atom. The van der Waals surface area contributed by atoms with Crippen molar-refractivity contribution in [2.45, 2.75) is 25.1 Å². The number of aromatic hydroxyl groups is 1. The van der Waals surface area contributed by atoms with Crippen molar-refractivity contribution in [2.75, 3.05) is 0 Å². The number of benzene rings is 2. The minimum absolute atomic E-state index is 0.0715. The number of phenolic OH excluding ortho intramolecular Hbond substituents is 1. The van der Waals surface area contributed by atoms with Gasteiger partial charge in [-0.05, 0) is 18.1 Å². The third-order valence-corrected chi connectivity index (χ3v) is 4.60. The summed E-state index contributed by atoms with van der Waals surface area (Å²) >= 11 is 0. The maximum Gasteiger partial charge on any atom is 0.216 e. The fraction of sp³-hybridized carbons (Fsp3) is 0.250. The molecule has 0 bridgehead atoms. The first-order chi connectivity index (χ1) is 10.0. The predicted octanol–water partition coefficient (Wildman–Crippen LogP) is 2.96. The Kier molecular flexibility index (Phi) is 4.98. The minimum Gasteiger partial charge on any atom is -0.508 e. The number of phenols is 1. The van der Waals surface area contributed by atoms with Gasteiger partial charge in [-0.25, -0.2) is 13.1 Å². The molecule has 5 heteroatoms. The highest BCUT2D eigenvalue weighted by Gasteiger charge is 2.20.